The number of nitrogens with one attached hydrogen (secondary N) is 1. The summed E-state index contributed by atoms with van der Waals surface area (Å²) in [6, 6.07) is 6.41. The number of nitrogens with zero attached hydrogens (tertiary/aromatic N) is 1. The summed E-state index contributed by atoms with van der Waals surface area (Å²) in [5.41, 5.74) is 0.0781. The first-order valence-electron chi connectivity index (χ1n) is 7.20. The largest absolute Gasteiger partial charge is 0.338 e. The van der Waals surface area contributed by atoms with Crippen molar-refractivity contribution < 1.29 is 13.2 Å². The van der Waals surface area contributed by atoms with Gasteiger partial charge in [-0.3, -0.25) is 9.59 Å². The van der Waals surface area contributed by atoms with Crippen LogP contribution in [0.2, 0.25) is 0 Å². The van der Waals surface area contributed by atoms with Gasteiger partial charge in [0.05, 0.1) is 16.6 Å². The van der Waals surface area contributed by atoms with Crippen LogP contribution in [0.3, 0.4) is 0 Å². The van der Waals surface area contributed by atoms with Crippen molar-refractivity contribution in [3.05, 3.63) is 56.6 Å². The number of aromatic amines is 1. The second-order valence-corrected chi connectivity index (χ2v) is 8.68. The predicted molar refractivity (Wildman–Crippen MR) is 88.4 cm³/mol. The molecule has 1 saturated heterocycles. The zero-order valence-corrected chi connectivity index (χ0v) is 13.9. The standard InChI is InChI=1S/C15H16N2O4S2/c18-14-4-3-11(10-16-14)15(19)17-6-5-13(12-2-1-8-22-12)23(20,21)9-7-17/h1-4,8,10,13H,5-7,9H2,(H,16,18). The molecule has 3 rings (SSSR count). The Morgan fingerprint density at radius 2 is 2.09 bits per heavy atom. The highest BCUT2D eigenvalue weighted by Gasteiger charge is 2.33. The van der Waals surface area contributed by atoms with Gasteiger partial charge in [0.2, 0.25) is 5.56 Å². The van der Waals surface area contributed by atoms with Crippen LogP contribution >= 0.6 is 11.3 Å². The molecule has 1 unspecified atom stereocenters. The van der Waals surface area contributed by atoms with E-state index in [1.54, 1.807) is 4.90 Å². The van der Waals surface area contributed by atoms with Crippen molar-refractivity contribution in [2.45, 2.75) is 11.7 Å². The Balaban J connectivity index is 1.81. The molecule has 0 aromatic carbocycles. The summed E-state index contributed by atoms with van der Waals surface area (Å²) in [5, 5.41) is 1.31. The van der Waals surface area contributed by atoms with Crippen molar-refractivity contribution in [2.75, 3.05) is 18.8 Å². The zero-order valence-electron chi connectivity index (χ0n) is 12.3. The van der Waals surface area contributed by atoms with Gasteiger partial charge in [-0.05, 0) is 23.9 Å². The Kier molecular flexibility index (Phi) is 4.36. The number of pyridine rings is 1. The number of H-pyrrole nitrogens is 1. The van der Waals surface area contributed by atoms with Gasteiger partial charge >= 0.3 is 0 Å². The highest BCUT2D eigenvalue weighted by atomic mass is 32.2. The van der Waals surface area contributed by atoms with Crippen molar-refractivity contribution in [3.63, 3.8) is 0 Å². The lowest BCUT2D eigenvalue weighted by Crippen LogP contribution is -2.33. The van der Waals surface area contributed by atoms with Crippen molar-refractivity contribution in [1.82, 2.24) is 9.88 Å². The minimum atomic E-state index is -3.28. The second kappa shape index (κ2) is 6.29. The summed E-state index contributed by atoms with van der Waals surface area (Å²) >= 11 is 1.43. The number of carbonyl (C=O) groups excluding carboxylic acids is 1. The third kappa shape index (κ3) is 3.37. The van der Waals surface area contributed by atoms with Crippen LogP contribution in [0.5, 0.6) is 0 Å². The average Bonchev–Trinajstić information content (AvgIpc) is 2.99. The van der Waals surface area contributed by atoms with E-state index in [0.29, 0.717) is 18.5 Å². The number of hydrogen-bond acceptors (Lipinski definition) is 5. The van der Waals surface area contributed by atoms with Crippen LogP contribution in [-0.2, 0) is 9.84 Å². The molecule has 1 aliphatic heterocycles. The maximum Gasteiger partial charge on any atom is 0.255 e. The maximum atomic E-state index is 12.5. The molecule has 0 saturated carbocycles. The molecule has 1 aliphatic rings. The number of sulfone groups is 1. The van der Waals surface area contributed by atoms with Crippen molar-refractivity contribution >= 4 is 27.1 Å². The van der Waals surface area contributed by atoms with Crippen LogP contribution in [0.4, 0.5) is 0 Å². The van der Waals surface area contributed by atoms with Crippen LogP contribution in [0, 0.1) is 0 Å². The van der Waals surface area contributed by atoms with Gasteiger partial charge in [0.1, 0.15) is 0 Å². The molecule has 8 heteroatoms. The number of carbonyl (C=O) groups is 1. The number of thiophene rings is 1. The van der Waals surface area contributed by atoms with E-state index in [-0.39, 0.29) is 23.8 Å². The van der Waals surface area contributed by atoms with E-state index in [9.17, 15) is 18.0 Å². The molecule has 2 aromatic heterocycles. The molecule has 23 heavy (non-hydrogen) atoms. The summed E-state index contributed by atoms with van der Waals surface area (Å²) < 4.78 is 24.9. The molecular formula is C15H16N2O4S2. The monoisotopic (exact) mass is 352 g/mol. The summed E-state index contributed by atoms with van der Waals surface area (Å²) in [5.74, 6) is -0.312. The third-order valence-corrected chi connectivity index (χ3v) is 7.16. The molecule has 122 valence electrons. The number of aromatic nitrogens is 1. The Bertz CT molecular complexity index is 835. The van der Waals surface area contributed by atoms with Gasteiger partial charge in [0, 0.05) is 30.2 Å². The Labute approximate surface area is 137 Å². The van der Waals surface area contributed by atoms with Crippen molar-refractivity contribution in [3.8, 4) is 0 Å². The van der Waals surface area contributed by atoms with E-state index in [1.807, 2.05) is 17.5 Å². The lowest BCUT2D eigenvalue weighted by molar-refractivity contribution is 0.0766. The summed E-state index contributed by atoms with van der Waals surface area (Å²) in [6.45, 7) is 0.544. The average molecular weight is 352 g/mol. The smallest absolute Gasteiger partial charge is 0.255 e. The fourth-order valence-electron chi connectivity index (χ4n) is 2.67. The lowest BCUT2D eigenvalue weighted by Gasteiger charge is -2.19. The Morgan fingerprint density at radius 1 is 1.26 bits per heavy atom. The fraction of sp³-hybridized carbons (Fsp3) is 0.333. The van der Waals surface area contributed by atoms with E-state index in [2.05, 4.69) is 4.98 Å². The molecule has 3 heterocycles. The van der Waals surface area contributed by atoms with Crippen LogP contribution < -0.4 is 5.56 Å². The topological polar surface area (TPSA) is 87.3 Å². The number of rotatable bonds is 2. The molecule has 0 radical (unpaired) electrons. The molecule has 1 fully saturated rings. The Hall–Kier alpha value is -1.93. The normalized spacial score (nSPS) is 20.9. The lowest BCUT2D eigenvalue weighted by atomic mass is 10.2. The Morgan fingerprint density at radius 3 is 2.74 bits per heavy atom. The minimum absolute atomic E-state index is 0.0509. The molecule has 0 spiro atoms. The van der Waals surface area contributed by atoms with E-state index >= 15 is 0 Å². The first kappa shape index (κ1) is 15.9. The van der Waals surface area contributed by atoms with Gasteiger partial charge in [-0.15, -0.1) is 11.3 Å². The first-order chi connectivity index (χ1) is 11.0. The van der Waals surface area contributed by atoms with E-state index < -0.39 is 15.1 Å². The predicted octanol–water partition coefficient (Wildman–Crippen LogP) is 1.44. The summed E-state index contributed by atoms with van der Waals surface area (Å²) in [7, 11) is -3.28. The molecule has 2 aromatic rings. The van der Waals surface area contributed by atoms with Gasteiger partial charge in [-0.2, -0.15) is 0 Å². The van der Waals surface area contributed by atoms with Crippen molar-refractivity contribution in [1.29, 1.82) is 0 Å². The minimum Gasteiger partial charge on any atom is -0.338 e. The van der Waals surface area contributed by atoms with Gasteiger partial charge in [-0.1, -0.05) is 6.07 Å². The number of amides is 1. The maximum absolute atomic E-state index is 12.5. The second-order valence-electron chi connectivity index (χ2n) is 5.39. The first-order valence-corrected chi connectivity index (χ1v) is 9.80. The molecule has 1 amide bonds. The van der Waals surface area contributed by atoms with Gasteiger partial charge in [0.25, 0.3) is 5.91 Å². The van der Waals surface area contributed by atoms with Gasteiger partial charge < -0.3 is 9.88 Å². The van der Waals surface area contributed by atoms with Crippen LogP contribution in [0.15, 0.2) is 40.6 Å². The quantitative estimate of drug-likeness (QED) is 0.886. The summed E-state index contributed by atoms with van der Waals surface area (Å²) in [6.07, 6.45) is 1.75. The van der Waals surface area contributed by atoms with Gasteiger partial charge in [0.15, 0.2) is 9.84 Å². The molecular weight excluding hydrogens is 336 g/mol. The molecule has 1 N–H and O–H groups in total. The SMILES string of the molecule is O=C(c1ccc(=O)[nH]c1)N1CCC(c2cccs2)S(=O)(=O)CC1. The van der Waals surface area contributed by atoms with E-state index in [1.165, 1.54) is 29.7 Å². The van der Waals surface area contributed by atoms with Crippen molar-refractivity contribution in [2.24, 2.45) is 0 Å². The molecule has 6 nitrogen and oxygen atoms in total. The molecule has 1 atom stereocenters. The van der Waals surface area contributed by atoms with Crippen LogP contribution in [0.25, 0.3) is 0 Å². The highest BCUT2D eigenvalue weighted by Crippen LogP contribution is 2.32. The van der Waals surface area contributed by atoms with Gasteiger partial charge in [-0.25, -0.2) is 8.42 Å². The molecule has 0 aliphatic carbocycles. The fourth-order valence-corrected chi connectivity index (χ4v) is 5.67. The zero-order chi connectivity index (χ0) is 16.4. The van der Waals surface area contributed by atoms with Crippen LogP contribution in [-0.4, -0.2) is 43.1 Å². The number of hydrogen-bond donors (Lipinski definition) is 1. The van der Waals surface area contributed by atoms with E-state index in [0.717, 1.165) is 4.88 Å². The third-order valence-electron chi connectivity index (χ3n) is 3.92. The highest BCUT2D eigenvalue weighted by molar-refractivity contribution is 7.91. The molecule has 0 bridgehead atoms. The summed E-state index contributed by atoms with van der Waals surface area (Å²) in [4.78, 5) is 28.4. The van der Waals surface area contributed by atoms with E-state index in [4.69, 9.17) is 0 Å². The van der Waals surface area contributed by atoms with Crippen LogP contribution in [0.1, 0.15) is 26.9 Å².